The lowest BCUT2D eigenvalue weighted by Gasteiger charge is -2.63. The molecule has 140 heavy (non-hydrogen) atoms. The number of benzene rings is 8. The average molecular weight is 2000 g/mol. The van der Waals surface area contributed by atoms with Crippen molar-refractivity contribution in [2.45, 2.75) is 468 Å². The average Bonchev–Trinajstić information content (AvgIpc) is 1.28. The lowest BCUT2D eigenvalue weighted by atomic mass is 9.50. The van der Waals surface area contributed by atoms with Crippen molar-refractivity contribution >= 4 is 34.4 Å². The first-order valence-corrected chi connectivity index (χ1v) is 54.8. The van der Waals surface area contributed by atoms with Crippen LogP contribution in [0.4, 0.5) is 0 Å². The number of ether oxygens (including phenoxy) is 3. The Morgan fingerprint density at radius 2 is 0.371 bits per heavy atom. The van der Waals surface area contributed by atoms with Crippen LogP contribution in [0.3, 0.4) is 0 Å². The summed E-state index contributed by atoms with van der Waals surface area (Å²) in [5, 5.41) is 18.2. The minimum absolute atomic E-state index is 0.284. The van der Waals surface area contributed by atoms with E-state index in [2.05, 4.69) is 429 Å². The van der Waals surface area contributed by atoms with Crippen LogP contribution in [0.2, 0.25) is 0 Å². The molecule has 12 rings (SSSR count). The van der Waals surface area contributed by atoms with Gasteiger partial charge in [-0.3, -0.25) is 0 Å². The lowest BCUT2D eigenvalue weighted by molar-refractivity contribution is -0.255. The molecule has 8 aromatic carbocycles. The van der Waals surface area contributed by atoms with E-state index in [1.165, 1.54) is 66.8 Å². The van der Waals surface area contributed by atoms with E-state index in [9.17, 15) is 14.2 Å². The number of aliphatic hydroxyl groups excluding tert-OH is 1. The van der Waals surface area contributed by atoms with E-state index >= 15 is 5.11 Å². The summed E-state index contributed by atoms with van der Waals surface area (Å²) in [7, 11) is -10.5. The molecule has 13 N–H and O–H groups in total. The Hall–Kier alpha value is -5.64. The van der Waals surface area contributed by atoms with Crippen LogP contribution in [0, 0.1) is 0 Å². The summed E-state index contributed by atoms with van der Waals surface area (Å²) in [6.45, 7) is 116. The van der Waals surface area contributed by atoms with Crippen molar-refractivity contribution in [2.75, 3.05) is 0 Å². The van der Waals surface area contributed by atoms with Crippen molar-refractivity contribution in [1.29, 1.82) is 0 Å². The molecule has 3 spiro atoms. The first-order chi connectivity index (χ1) is 62.3. The molecule has 778 valence electrons. The maximum Gasteiger partial charge on any atom is 0.324 e. The molecule has 0 fully saturated rings. The van der Waals surface area contributed by atoms with Crippen LogP contribution in [0.1, 0.15) is 500 Å². The van der Waals surface area contributed by atoms with Gasteiger partial charge in [-0.2, -0.15) is 0 Å². The molecular formula is C120H182O16P4. The van der Waals surface area contributed by atoms with E-state index in [-0.39, 0.29) is 43.3 Å². The maximum atomic E-state index is 18.2. The number of hydrogen-bond donors (Lipinski definition) is 13. The molecule has 8 aromatic rings. The van der Waals surface area contributed by atoms with Gasteiger partial charge >= 0.3 is 34.4 Å². The first kappa shape index (κ1) is 120. The molecule has 0 radical (unpaired) electrons. The fraction of sp³-hybridized carbons (Fsp3) is 0.600. The number of rotatable bonds is 0. The number of hydrogen-bond acceptors (Lipinski definition) is 16. The van der Waals surface area contributed by atoms with E-state index in [0.717, 1.165) is 112 Å². The van der Waals surface area contributed by atoms with Crippen LogP contribution < -0.4 is 14.2 Å². The second kappa shape index (κ2) is 39.8. The Kier molecular flexibility index (Phi) is 34.0. The molecule has 2 unspecified atom stereocenters. The zero-order chi connectivity index (χ0) is 108. The normalized spacial score (nSPS) is 18.5. The van der Waals surface area contributed by atoms with Gasteiger partial charge in [0.15, 0.2) is 0 Å². The predicted octanol–water partition coefficient (Wildman–Crippen LogP) is 28.8. The van der Waals surface area contributed by atoms with E-state index in [4.69, 9.17) is 58.7 Å². The summed E-state index contributed by atoms with van der Waals surface area (Å²) in [5.74, 6) is 2.43. The van der Waals surface area contributed by atoms with E-state index in [1.54, 1.807) is 0 Å². The minimum atomic E-state index is -2.62. The van der Waals surface area contributed by atoms with Gasteiger partial charge in [0.2, 0.25) is 16.8 Å². The van der Waals surface area contributed by atoms with Crippen LogP contribution in [0.5, 0.6) is 17.2 Å². The van der Waals surface area contributed by atoms with Crippen LogP contribution >= 0.6 is 34.4 Å². The smallest absolute Gasteiger partial charge is 0.324 e. The topological polar surface area (TPSA) is 291 Å². The van der Waals surface area contributed by atoms with Gasteiger partial charge in [-0.25, -0.2) is 0 Å². The maximum absolute atomic E-state index is 18.2. The van der Waals surface area contributed by atoms with E-state index in [1.807, 2.05) is 0 Å². The minimum Gasteiger partial charge on any atom is -0.474 e. The molecule has 1 aliphatic carbocycles. The van der Waals surface area contributed by atoms with Crippen LogP contribution in [0.25, 0.3) is 0 Å². The third-order valence-corrected chi connectivity index (χ3v) is 28.4. The highest BCUT2D eigenvalue weighted by Gasteiger charge is 2.80. The highest BCUT2D eigenvalue weighted by Crippen LogP contribution is 2.74. The second-order valence-electron chi connectivity index (χ2n) is 57.0. The molecule has 3 aliphatic heterocycles. The summed E-state index contributed by atoms with van der Waals surface area (Å²) in [4.78, 5) is 86.8. The monoisotopic (exact) mass is 2000 g/mol. The molecular weight excluding hydrogens is 1820 g/mol. The molecule has 4 aliphatic rings. The zero-order valence-corrected chi connectivity index (χ0v) is 98.5. The van der Waals surface area contributed by atoms with Crippen molar-refractivity contribution in [1.82, 2.24) is 0 Å². The molecule has 3 heterocycles. The molecule has 16 nitrogen and oxygen atoms in total. The Bertz CT molecular complexity index is 5740. The number of aliphatic hydroxyl groups is 1. The first-order valence-electron chi connectivity index (χ1n) is 50.0. The highest BCUT2D eigenvalue weighted by atomic mass is 31.2. The Morgan fingerprint density at radius 3 is 0.614 bits per heavy atom. The van der Waals surface area contributed by atoms with E-state index < -0.39 is 101 Å². The van der Waals surface area contributed by atoms with Gasteiger partial charge < -0.3 is 78.0 Å². The second-order valence-corrected chi connectivity index (χ2v) is 59.1. The SMILES string of the molecule is CC(C)(C)c1cc2c(c(C(C)(C)C)c1)OC1(c3c(cc(C(C)(C)C)cc3C(C)(C)C)C2)c2c(cc(C(C)(C)C)cc2C(C)(C)C)Cc2cc(C(C)(C)C)cc(C(C)(C)C)c2[C@]12Oc1c(cc(C(C)(C)C)cc1C(C)(C)C)Cc1cc(C(C)(C)C)cc(C(C)(C)C)c1[C@]21Oc2c(cc(C(C)(C)C)cc2C(C)(C)C)Cc2cc(C(C)(C)C)cc(C(C)(C)C)c2C1O.OP(O)O.OP(O)O.OP(O)O.OP(O)O. The van der Waals surface area contributed by atoms with Gasteiger partial charge in [0.05, 0.1) is 0 Å². The Labute approximate surface area is 850 Å². The third kappa shape index (κ3) is 25.1. The quantitative estimate of drug-likeness (QED) is 0.0628. The molecule has 0 aromatic heterocycles. The fourth-order valence-corrected chi connectivity index (χ4v) is 20.8. The van der Waals surface area contributed by atoms with E-state index in [0.29, 0.717) is 25.7 Å². The van der Waals surface area contributed by atoms with Gasteiger partial charge in [-0.05, 0) is 215 Å². The van der Waals surface area contributed by atoms with Crippen LogP contribution in [-0.2, 0) is 129 Å². The van der Waals surface area contributed by atoms with Crippen LogP contribution in [0.15, 0.2) is 97.1 Å². The van der Waals surface area contributed by atoms with Crippen molar-refractivity contribution in [2.24, 2.45) is 0 Å². The van der Waals surface area contributed by atoms with Crippen molar-refractivity contribution in [3.05, 3.63) is 258 Å². The lowest BCUT2D eigenvalue weighted by Crippen LogP contribution is -2.73. The van der Waals surface area contributed by atoms with Gasteiger partial charge in [0.1, 0.15) is 23.4 Å². The highest BCUT2D eigenvalue weighted by molar-refractivity contribution is 7.38. The summed E-state index contributed by atoms with van der Waals surface area (Å²) in [6.07, 6.45) is 0.331. The van der Waals surface area contributed by atoms with Crippen molar-refractivity contribution in [3.8, 4) is 17.2 Å². The molecule has 20 heteroatoms. The fourth-order valence-electron chi connectivity index (χ4n) is 20.8. The molecule has 0 saturated heterocycles. The van der Waals surface area contributed by atoms with Crippen LogP contribution in [-0.4, -0.2) is 63.8 Å². The Balaban J connectivity index is 0.00000139. The molecule has 0 amide bonds. The number of fused-ring (bicyclic) bond motifs is 14. The van der Waals surface area contributed by atoms with Crippen molar-refractivity contribution < 1.29 is 78.0 Å². The zero-order valence-electron chi connectivity index (χ0n) is 95.0. The van der Waals surface area contributed by atoms with Gasteiger partial charge in [-0.1, -0.05) is 429 Å². The summed E-state index contributed by atoms with van der Waals surface area (Å²) in [5.41, 5.74) is 18.7. The van der Waals surface area contributed by atoms with Gasteiger partial charge in [0, 0.05) is 58.2 Å². The molecule has 0 saturated carbocycles. The molecule has 4 atom stereocenters. The Morgan fingerprint density at radius 1 is 0.200 bits per heavy atom. The molecule has 0 bridgehead atoms. The van der Waals surface area contributed by atoms with Crippen molar-refractivity contribution in [3.63, 3.8) is 0 Å². The summed E-state index contributed by atoms with van der Waals surface area (Å²) < 4.78 is 31.5. The summed E-state index contributed by atoms with van der Waals surface area (Å²) in [6, 6.07) is 41.4. The standard InChI is InChI=1S/C120H170O4.4H3O3P/c1-102(2,3)77-53-69-49-74-58-82(107(16,17)18)67-91(116(43,44)45)99(74)123-119(101(121)93(69)85(61-77)110(25,26)27)96-72(56-80(105(10,11)12)64-88(96)113(34,35)36)52-76-60-84(109(22,23)24)68-92(117(46,47)48)100(76)124-120(119)97-73(57-81(106(13,14)15)65-89(97)114(37,38)39)50-70-54-78(103(4,5)6)62-86(111(28,29)30)94(70)118(120)95-71(55-79(104(7,8)9)63-87(95)112(31,32)33)51-75-59-83(108(19,20)21)66-90(98(75)122-118)115(40,41)42;4*1-4(2)3/h53-68,101,121H,49-52H2,1-48H3;4*1-3H/t101?,118?,119-,120+;;;;/m1..../s1. The summed E-state index contributed by atoms with van der Waals surface area (Å²) >= 11 is 0. The van der Waals surface area contributed by atoms with Gasteiger partial charge in [-0.15, -0.1) is 0 Å². The van der Waals surface area contributed by atoms with Gasteiger partial charge in [0.25, 0.3) is 0 Å². The largest absolute Gasteiger partial charge is 0.474 e. The predicted molar refractivity (Wildman–Crippen MR) is 587 cm³/mol. The third-order valence-electron chi connectivity index (χ3n) is 28.4.